The predicted molar refractivity (Wildman–Crippen MR) is 105 cm³/mol. The third-order valence-corrected chi connectivity index (χ3v) is 4.98. The number of nitrogens with one attached hydrogen (secondary N) is 2. The van der Waals surface area contributed by atoms with E-state index in [-0.39, 0.29) is 18.3 Å². The molecule has 0 radical (unpaired) electrons. The van der Waals surface area contributed by atoms with Gasteiger partial charge in [0.05, 0.1) is 6.54 Å². The SMILES string of the molecule is Cl.Nc1ncc(CNC2CCN(CC(=O)Nc3ccccc3)CC2)s1. The quantitative estimate of drug-likeness (QED) is 0.715. The van der Waals surface area contributed by atoms with E-state index in [1.165, 1.54) is 11.3 Å². The Morgan fingerprint density at radius 2 is 2.00 bits per heavy atom. The summed E-state index contributed by atoms with van der Waals surface area (Å²) in [6.45, 7) is 3.14. The first-order chi connectivity index (χ1) is 11.7. The van der Waals surface area contributed by atoms with E-state index in [1.54, 1.807) is 0 Å². The number of anilines is 2. The minimum Gasteiger partial charge on any atom is -0.375 e. The Morgan fingerprint density at radius 3 is 2.64 bits per heavy atom. The number of nitrogens with two attached hydrogens (primary N) is 1. The van der Waals surface area contributed by atoms with Gasteiger partial charge in [-0.2, -0.15) is 0 Å². The molecule has 3 rings (SSSR count). The Bertz CT molecular complexity index is 658. The third-order valence-electron chi connectivity index (χ3n) is 4.15. The number of hydrogen-bond acceptors (Lipinski definition) is 6. The van der Waals surface area contributed by atoms with Crippen LogP contribution in [-0.4, -0.2) is 41.5 Å². The molecule has 1 fully saturated rings. The molecule has 25 heavy (non-hydrogen) atoms. The summed E-state index contributed by atoms with van der Waals surface area (Å²) in [7, 11) is 0. The molecule has 2 aromatic rings. The van der Waals surface area contributed by atoms with E-state index in [1.807, 2.05) is 36.5 Å². The van der Waals surface area contributed by atoms with Gasteiger partial charge in [-0.15, -0.1) is 23.7 Å². The van der Waals surface area contributed by atoms with Crippen LogP contribution in [-0.2, 0) is 11.3 Å². The number of hydrogen-bond donors (Lipinski definition) is 3. The average Bonchev–Trinajstić information content (AvgIpc) is 3.00. The zero-order chi connectivity index (χ0) is 16.8. The van der Waals surface area contributed by atoms with Crippen LogP contribution in [0.2, 0.25) is 0 Å². The summed E-state index contributed by atoms with van der Waals surface area (Å²) < 4.78 is 0. The number of thiazole rings is 1. The molecule has 4 N–H and O–H groups in total. The summed E-state index contributed by atoms with van der Waals surface area (Å²) in [5.74, 6) is 0.0488. The molecular weight excluding hydrogens is 358 g/mol. The van der Waals surface area contributed by atoms with Crippen LogP contribution in [0.5, 0.6) is 0 Å². The lowest BCUT2D eigenvalue weighted by atomic mass is 10.1. The van der Waals surface area contributed by atoms with Crippen LogP contribution in [0.1, 0.15) is 17.7 Å². The molecule has 1 amide bonds. The summed E-state index contributed by atoms with van der Waals surface area (Å²) in [6, 6.07) is 10.1. The van der Waals surface area contributed by atoms with Crippen molar-refractivity contribution in [1.82, 2.24) is 15.2 Å². The van der Waals surface area contributed by atoms with Gasteiger partial charge in [-0.1, -0.05) is 18.2 Å². The van der Waals surface area contributed by atoms with E-state index in [0.29, 0.717) is 17.7 Å². The Morgan fingerprint density at radius 1 is 1.28 bits per heavy atom. The molecular formula is C17H24ClN5OS. The molecule has 1 aromatic carbocycles. The molecule has 0 saturated carbocycles. The number of piperidine rings is 1. The number of aromatic nitrogens is 1. The predicted octanol–water partition coefficient (Wildman–Crippen LogP) is 2.34. The van der Waals surface area contributed by atoms with Crippen LogP contribution < -0.4 is 16.4 Å². The second-order valence-electron chi connectivity index (χ2n) is 6.01. The Hall–Kier alpha value is -1.67. The van der Waals surface area contributed by atoms with Gasteiger partial charge in [-0.05, 0) is 25.0 Å². The summed E-state index contributed by atoms with van der Waals surface area (Å²) in [4.78, 5) is 19.5. The van der Waals surface area contributed by atoms with Crippen LogP contribution >= 0.6 is 23.7 Å². The molecule has 1 aromatic heterocycles. The van der Waals surface area contributed by atoms with Crippen molar-refractivity contribution in [2.24, 2.45) is 0 Å². The number of nitrogen functional groups attached to an aromatic ring is 1. The molecule has 0 aliphatic carbocycles. The van der Waals surface area contributed by atoms with Gasteiger partial charge in [0.25, 0.3) is 0 Å². The van der Waals surface area contributed by atoms with Gasteiger partial charge < -0.3 is 16.4 Å². The fraction of sp³-hybridized carbons (Fsp3) is 0.412. The second-order valence-corrected chi connectivity index (χ2v) is 7.16. The standard InChI is InChI=1S/C17H23N5OS.ClH/c18-17-20-11-15(24-17)10-19-13-6-8-22(9-7-13)12-16(23)21-14-4-2-1-3-5-14;/h1-5,11,13,19H,6-10,12H2,(H2,18,20)(H,21,23);1H. The zero-order valence-corrected chi connectivity index (χ0v) is 15.6. The molecule has 0 atom stereocenters. The van der Waals surface area contributed by atoms with Crippen molar-refractivity contribution < 1.29 is 4.79 Å². The minimum absolute atomic E-state index is 0. The van der Waals surface area contributed by atoms with Gasteiger partial charge >= 0.3 is 0 Å². The Balaban J connectivity index is 0.00000225. The van der Waals surface area contributed by atoms with Crippen molar-refractivity contribution in [2.75, 3.05) is 30.7 Å². The number of para-hydroxylation sites is 1. The fourth-order valence-corrected chi connectivity index (χ4v) is 3.50. The van der Waals surface area contributed by atoms with Gasteiger partial charge in [0.2, 0.25) is 5.91 Å². The molecule has 0 bridgehead atoms. The second kappa shape index (κ2) is 9.72. The lowest BCUT2D eigenvalue weighted by Gasteiger charge is -2.31. The molecule has 136 valence electrons. The van der Waals surface area contributed by atoms with Crippen molar-refractivity contribution in [1.29, 1.82) is 0 Å². The highest BCUT2D eigenvalue weighted by molar-refractivity contribution is 7.15. The lowest BCUT2D eigenvalue weighted by Crippen LogP contribution is -2.44. The van der Waals surface area contributed by atoms with E-state index in [9.17, 15) is 4.79 Å². The van der Waals surface area contributed by atoms with Crippen molar-refractivity contribution in [3.05, 3.63) is 41.4 Å². The zero-order valence-electron chi connectivity index (χ0n) is 14.0. The highest BCUT2D eigenvalue weighted by Crippen LogP contribution is 2.16. The first-order valence-electron chi connectivity index (χ1n) is 8.20. The number of benzene rings is 1. The maximum atomic E-state index is 12.1. The monoisotopic (exact) mass is 381 g/mol. The fourth-order valence-electron chi connectivity index (χ4n) is 2.87. The van der Waals surface area contributed by atoms with Crippen LogP contribution in [0.25, 0.3) is 0 Å². The van der Waals surface area contributed by atoms with Crippen molar-refractivity contribution in [3.8, 4) is 0 Å². The number of halogens is 1. The minimum atomic E-state index is 0. The topological polar surface area (TPSA) is 83.3 Å². The van der Waals surface area contributed by atoms with Crippen molar-refractivity contribution in [2.45, 2.75) is 25.4 Å². The molecule has 1 aliphatic heterocycles. The van der Waals surface area contributed by atoms with Gasteiger partial charge in [0.1, 0.15) is 0 Å². The van der Waals surface area contributed by atoms with E-state index < -0.39 is 0 Å². The molecule has 1 aliphatic rings. The Kier molecular flexibility index (Phi) is 7.64. The molecule has 2 heterocycles. The average molecular weight is 382 g/mol. The largest absolute Gasteiger partial charge is 0.375 e. The number of carbonyl (C=O) groups is 1. The summed E-state index contributed by atoms with van der Waals surface area (Å²) in [5.41, 5.74) is 6.49. The molecule has 0 unspecified atom stereocenters. The van der Waals surface area contributed by atoms with Gasteiger partial charge in [0.15, 0.2) is 5.13 Å². The first-order valence-corrected chi connectivity index (χ1v) is 9.01. The van der Waals surface area contributed by atoms with Crippen molar-refractivity contribution in [3.63, 3.8) is 0 Å². The number of carbonyl (C=O) groups excluding carboxylic acids is 1. The van der Waals surface area contributed by atoms with E-state index >= 15 is 0 Å². The smallest absolute Gasteiger partial charge is 0.238 e. The van der Waals surface area contributed by atoms with Gasteiger partial charge in [-0.3, -0.25) is 9.69 Å². The van der Waals surface area contributed by atoms with E-state index in [2.05, 4.69) is 20.5 Å². The van der Waals surface area contributed by atoms with Crippen LogP contribution in [0.3, 0.4) is 0 Å². The normalized spacial score (nSPS) is 15.5. The van der Waals surface area contributed by atoms with Gasteiger partial charge in [-0.25, -0.2) is 4.98 Å². The number of rotatable bonds is 6. The molecule has 8 heteroatoms. The van der Waals surface area contributed by atoms with Gasteiger partial charge in [0, 0.05) is 42.4 Å². The molecule has 0 spiro atoms. The van der Waals surface area contributed by atoms with Crippen LogP contribution in [0, 0.1) is 0 Å². The van der Waals surface area contributed by atoms with E-state index in [4.69, 9.17) is 5.73 Å². The Labute approximate surface area is 158 Å². The summed E-state index contributed by atoms with van der Waals surface area (Å²) in [5, 5.41) is 7.11. The molecule has 1 saturated heterocycles. The molecule has 6 nitrogen and oxygen atoms in total. The summed E-state index contributed by atoms with van der Waals surface area (Å²) >= 11 is 1.53. The van der Waals surface area contributed by atoms with Crippen LogP contribution in [0.4, 0.5) is 10.8 Å². The number of nitrogens with zero attached hydrogens (tertiary/aromatic N) is 2. The van der Waals surface area contributed by atoms with Crippen LogP contribution in [0.15, 0.2) is 36.5 Å². The summed E-state index contributed by atoms with van der Waals surface area (Å²) in [6.07, 6.45) is 3.93. The highest BCUT2D eigenvalue weighted by Gasteiger charge is 2.20. The van der Waals surface area contributed by atoms with E-state index in [0.717, 1.165) is 43.0 Å². The number of likely N-dealkylation sites (tertiary alicyclic amines) is 1. The maximum Gasteiger partial charge on any atom is 0.238 e. The lowest BCUT2D eigenvalue weighted by molar-refractivity contribution is -0.117. The number of amides is 1. The van der Waals surface area contributed by atoms with Crippen molar-refractivity contribution >= 4 is 40.5 Å². The highest BCUT2D eigenvalue weighted by atomic mass is 35.5. The first kappa shape index (κ1) is 19.7. The maximum absolute atomic E-state index is 12.1. The third kappa shape index (κ3) is 6.28.